The minimum Gasteiger partial charge on any atom is -0.380 e. The van der Waals surface area contributed by atoms with Gasteiger partial charge in [0.25, 0.3) is 0 Å². The monoisotopic (exact) mass is 235 g/mol. The maximum atomic E-state index is 5.53. The summed E-state index contributed by atoms with van der Waals surface area (Å²) in [5.74, 6) is 0.737. The van der Waals surface area contributed by atoms with Crippen molar-refractivity contribution in [3.05, 3.63) is 35.9 Å². The molecule has 0 aliphatic carbocycles. The molecule has 0 radical (unpaired) electrons. The van der Waals surface area contributed by atoms with Gasteiger partial charge in [-0.25, -0.2) is 0 Å². The third-order valence-electron chi connectivity index (χ3n) is 2.70. The van der Waals surface area contributed by atoms with Crippen LogP contribution in [0.3, 0.4) is 0 Å². The molecule has 2 nitrogen and oxygen atoms in total. The molecule has 0 atom stereocenters. The van der Waals surface area contributed by atoms with Gasteiger partial charge in [0.2, 0.25) is 0 Å². The Morgan fingerprint density at radius 1 is 1.06 bits per heavy atom. The van der Waals surface area contributed by atoms with Crippen LogP contribution in [0.1, 0.15) is 25.8 Å². The summed E-state index contributed by atoms with van der Waals surface area (Å²) >= 11 is 0. The maximum absolute atomic E-state index is 5.53. The van der Waals surface area contributed by atoms with Gasteiger partial charge >= 0.3 is 0 Å². The Balaban J connectivity index is 1.88. The molecule has 1 N–H and O–H groups in total. The summed E-state index contributed by atoms with van der Waals surface area (Å²) in [5.41, 5.74) is 1.39. The Hall–Kier alpha value is -0.860. The predicted molar refractivity (Wildman–Crippen MR) is 73.3 cm³/mol. The highest BCUT2D eigenvalue weighted by molar-refractivity contribution is 5.14. The van der Waals surface area contributed by atoms with Crippen LogP contribution in [0.2, 0.25) is 0 Å². The SMILES string of the molecule is CC(C)CCOCCNCCc1ccccc1. The highest BCUT2D eigenvalue weighted by Crippen LogP contribution is 1.99. The molecule has 0 saturated carbocycles. The number of benzene rings is 1. The lowest BCUT2D eigenvalue weighted by atomic mass is 10.1. The van der Waals surface area contributed by atoms with Gasteiger partial charge < -0.3 is 10.1 Å². The second kappa shape index (κ2) is 9.20. The van der Waals surface area contributed by atoms with Crippen LogP contribution in [0.4, 0.5) is 0 Å². The molecule has 0 heterocycles. The van der Waals surface area contributed by atoms with Crippen molar-refractivity contribution < 1.29 is 4.74 Å². The molecular formula is C15H25NO. The van der Waals surface area contributed by atoms with Gasteiger partial charge in [0.1, 0.15) is 0 Å². The summed E-state index contributed by atoms with van der Waals surface area (Å²) in [6, 6.07) is 10.6. The Kier molecular flexibility index (Phi) is 7.69. The van der Waals surface area contributed by atoms with Gasteiger partial charge in [-0.2, -0.15) is 0 Å². The minimum absolute atomic E-state index is 0.737. The Labute approximate surface area is 105 Å². The van der Waals surface area contributed by atoms with Crippen LogP contribution in [0.15, 0.2) is 30.3 Å². The third-order valence-corrected chi connectivity index (χ3v) is 2.70. The zero-order chi connectivity index (χ0) is 12.3. The lowest BCUT2D eigenvalue weighted by Crippen LogP contribution is -2.22. The number of nitrogens with one attached hydrogen (secondary N) is 1. The third kappa shape index (κ3) is 7.94. The topological polar surface area (TPSA) is 21.3 Å². The molecule has 0 bridgehead atoms. The average Bonchev–Trinajstić information content (AvgIpc) is 2.33. The summed E-state index contributed by atoms with van der Waals surface area (Å²) in [6.45, 7) is 8.13. The Bertz CT molecular complexity index is 272. The average molecular weight is 235 g/mol. The Morgan fingerprint density at radius 3 is 2.53 bits per heavy atom. The summed E-state index contributed by atoms with van der Waals surface area (Å²) in [7, 11) is 0. The highest BCUT2D eigenvalue weighted by Gasteiger charge is 1.94. The maximum Gasteiger partial charge on any atom is 0.0590 e. The number of rotatable bonds is 9. The van der Waals surface area contributed by atoms with Crippen LogP contribution in [0, 0.1) is 5.92 Å². The molecule has 0 aliphatic rings. The van der Waals surface area contributed by atoms with E-state index in [1.54, 1.807) is 0 Å². The van der Waals surface area contributed by atoms with Crippen molar-refractivity contribution in [2.75, 3.05) is 26.3 Å². The summed E-state index contributed by atoms with van der Waals surface area (Å²) in [5, 5.41) is 3.40. The van der Waals surface area contributed by atoms with E-state index in [-0.39, 0.29) is 0 Å². The molecule has 0 fully saturated rings. The zero-order valence-corrected chi connectivity index (χ0v) is 11.1. The van der Waals surface area contributed by atoms with E-state index in [9.17, 15) is 0 Å². The quantitative estimate of drug-likeness (QED) is 0.665. The molecule has 96 valence electrons. The van der Waals surface area contributed by atoms with E-state index in [0.717, 1.165) is 45.1 Å². The fourth-order valence-electron chi connectivity index (χ4n) is 1.57. The zero-order valence-electron chi connectivity index (χ0n) is 11.1. The van der Waals surface area contributed by atoms with E-state index >= 15 is 0 Å². The first kappa shape index (κ1) is 14.2. The molecule has 0 amide bonds. The molecule has 0 spiro atoms. The van der Waals surface area contributed by atoms with Gasteiger partial charge in [0.15, 0.2) is 0 Å². The fraction of sp³-hybridized carbons (Fsp3) is 0.600. The molecule has 1 aromatic rings. The Morgan fingerprint density at radius 2 is 1.82 bits per heavy atom. The first-order chi connectivity index (χ1) is 8.29. The number of hydrogen-bond donors (Lipinski definition) is 1. The van der Waals surface area contributed by atoms with Crippen molar-refractivity contribution >= 4 is 0 Å². The minimum atomic E-state index is 0.737. The van der Waals surface area contributed by atoms with Crippen LogP contribution in [-0.2, 0) is 11.2 Å². The largest absolute Gasteiger partial charge is 0.380 e. The summed E-state index contributed by atoms with van der Waals surface area (Å²) in [4.78, 5) is 0. The van der Waals surface area contributed by atoms with Gasteiger partial charge in [-0.1, -0.05) is 44.2 Å². The van der Waals surface area contributed by atoms with Crippen LogP contribution in [0.5, 0.6) is 0 Å². The molecule has 0 saturated heterocycles. The van der Waals surface area contributed by atoms with Crippen molar-refractivity contribution in [1.82, 2.24) is 5.32 Å². The van der Waals surface area contributed by atoms with E-state index in [1.165, 1.54) is 5.56 Å². The van der Waals surface area contributed by atoms with Gasteiger partial charge in [-0.3, -0.25) is 0 Å². The van der Waals surface area contributed by atoms with Crippen molar-refractivity contribution in [3.8, 4) is 0 Å². The normalized spacial score (nSPS) is 11.0. The van der Waals surface area contributed by atoms with E-state index in [0.29, 0.717) is 0 Å². The van der Waals surface area contributed by atoms with E-state index < -0.39 is 0 Å². The van der Waals surface area contributed by atoms with Crippen molar-refractivity contribution in [3.63, 3.8) is 0 Å². The molecule has 0 aromatic heterocycles. The van der Waals surface area contributed by atoms with Crippen molar-refractivity contribution in [2.45, 2.75) is 26.7 Å². The van der Waals surface area contributed by atoms with Gasteiger partial charge in [0.05, 0.1) is 6.61 Å². The fourth-order valence-corrected chi connectivity index (χ4v) is 1.57. The van der Waals surface area contributed by atoms with E-state index in [1.807, 2.05) is 0 Å². The highest BCUT2D eigenvalue weighted by atomic mass is 16.5. The molecule has 17 heavy (non-hydrogen) atoms. The molecule has 0 aliphatic heterocycles. The molecular weight excluding hydrogens is 210 g/mol. The smallest absolute Gasteiger partial charge is 0.0590 e. The molecule has 1 rings (SSSR count). The second-order valence-electron chi connectivity index (χ2n) is 4.78. The lowest BCUT2D eigenvalue weighted by molar-refractivity contribution is 0.125. The standard InChI is InChI=1S/C15H25NO/c1-14(2)9-12-17-13-11-16-10-8-15-6-4-3-5-7-15/h3-7,14,16H,8-13H2,1-2H3. The van der Waals surface area contributed by atoms with Gasteiger partial charge in [-0.05, 0) is 30.9 Å². The van der Waals surface area contributed by atoms with Crippen LogP contribution in [0.25, 0.3) is 0 Å². The van der Waals surface area contributed by atoms with Crippen LogP contribution < -0.4 is 5.32 Å². The first-order valence-electron chi connectivity index (χ1n) is 6.61. The van der Waals surface area contributed by atoms with Crippen LogP contribution >= 0.6 is 0 Å². The molecule has 2 heteroatoms. The van der Waals surface area contributed by atoms with Gasteiger partial charge in [-0.15, -0.1) is 0 Å². The number of ether oxygens (including phenoxy) is 1. The lowest BCUT2D eigenvalue weighted by Gasteiger charge is -2.07. The number of hydrogen-bond acceptors (Lipinski definition) is 2. The second-order valence-corrected chi connectivity index (χ2v) is 4.78. The van der Waals surface area contributed by atoms with E-state index in [4.69, 9.17) is 4.74 Å². The molecule has 1 aromatic carbocycles. The van der Waals surface area contributed by atoms with Crippen LogP contribution in [-0.4, -0.2) is 26.3 Å². The summed E-state index contributed by atoms with van der Waals surface area (Å²) < 4.78 is 5.53. The first-order valence-corrected chi connectivity index (χ1v) is 6.61. The molecule has 0 unspecified atom stereocenters. The summed E-state index contributed by atoms with van der Waals surface area (Å²) in [6.07, 6.45) is 2.25. The van der Waals surface area contributed by atoms with Crippen molar-refractivity contribution in [1.29, 1.82) is 0 Å². The predicted octanol–water partition coefficient (Wildman–Crippen LogP) is 2.88. The van der Waals surface area contributed by atoms with E-state index in [2.05, 4.69) is 49.5 Å². The van der Waals surface area contributed by atoms with Crippen molar-refractivity contribution in [2.24, 2.45) is 5.92 Å². The van der Waals surface area contributed by atoms with Gasteiger partial charge in [0, 0.05) is 13.2 Å².